The van der Waals surface area contributed by atoms with Gasteiger partial charge in [0.05, 0.1) is 0 Å². The molecule has 0 aromatic rings. The van der Waals surface area contributed by atoms with E-state index in [1.165, 1.54) is 0 Å². The van der Waals surface area contributed by atoms with Crippen molar-refractivity contribution >= 4 is 17.7 Å². The first-order valence-corrected chi connectivity index (χ1v) is 5.26. The van der Waals surface area contributed by atoms with Crippen molar-refractivity contribution in [1.82, 2.24) is 0 Å². The molecule has 0 aliphatic rings. The third kappa shape index (κ3) is 4.62. The van der Waals surface area contributed by atoms with Crippen LogP contribution in [0.15, 0.2) is 0 Å². The summed E-state index contributed by atoms with van der Waals surface area (Å²) in [6.07, 6.45) is 1.42. The number of carbonyl (C=O) groups is 1. The van der Waals surface area contributed by atoms with Gasteiger partial charge in [0, 0.05) is 0 Å². The van der Waals surface area contributed by atoms with Crippen molar-refractivity contribution in [2.45, 2.75) is 32.2 Å². The van der Waals surface area contributed by atoms with Crippen LogP contribution in [0, 0.1) is 0 Å². The molecule has 0 heterocycles. The maximum atomic E-state index is 10.6. The first-order chi connectivity index (χ1) is 5.50. The molecule has 1 atom stereocenters. The predicted octanol–water partition coefficient (Wildman–Crippen LogP) is 1.32. The van der Waals surface area contributed by atoms with Crippen molar-refractivity contribution in [3.63, 3.8) is 0 Å². The summed E-state index contributed by atoms with van der Waals surface area (Å²) in [5.74, 6) is 1.16. The molecule has 12 heavy (non-hydrogen) atoms. The standard InChI is InChI=1S/C8H17NO2S/c1-3-12-6-4-5-8(2,9)7(10)11/h3-6,9H2,1-2H3,(H,10,11). The fourth-order valence-electron chi connectivity index (χ4n) is 0.793. The fourth-order valence-corrected chi connectivity index (χ4v) is 1.43. The molecule has 0 fully saturated rings. The Labute approximate surface area is 77.7 Å². The highest BCUT2D eigenvalue weighted by Gasteiger charge is 2.26. The topological polar surface area (TPSA) is 63.3 Å². The largest absolute Gasteiger partial charge is 0.480 e. The third-order valence-electron chi connectivity index (χ3n) is 1.68. The van der Waals surface area contributed by atoms with Crippen molar-refractivity contribution in [2.75, 3.05) is 11.5 Å². The smallest absolute Gasteiger partial charge is 0.323 e. The van der Waals surface area contributed by atoms with Gasteiger partial charge in [-0.25, -0.2) is 0 Å². The second kappa shape index (κ2) is 5.43. The van der Waals surface area contributed by atoms with Gasteiger partial charge in [-0.3, -0.25) is 4.79 Å². The zero-order valence-electron chi connectivity index (χ0n) is 7.67. The van der Waals surface area contributed by atoms with Gasteiger partial charge in [0.1, 0.15) is 5.54 Å². The molecule has 0 saturated heterocycles. The minimum absolute atomic E-state index is 0.551. The Morgan fingerprint density at radius 2 is 2.25 bits per heavy atom. The average molecular weight is 191 g/mol. The molecule has 0 rings (SSSR count). The maximum Gasteiger partial charge on any atom is 0.323 e. The van der Waals surface area contributed by atoms with Crippen molar-refractivity contribution in [1.29, 1.82) is 0 Å². The lowest BCUT2D eigenvalue weighted by Crippen LogP contribution is -2.44. The summed E-state index contributed by atoms with van der Waals surface area (Å²) in [7, 11) is 0. The zero-order valence-corrected chi connectivity index (χ0v) is 8.49. The van der Waals surface area contributed by atoms with Gasteiger partial charge >= 0.3 is 5.97 Å². The van der Waals surface area contributed by atoms with Gasteiger partial charge in [-0.05, 0) is 31.3 Å². The molecule has 1 unspecified atom stereocenters. The van der Waals surface area contributed by atoms with E-state index in [-0.39, 0.29) is 0 Å². The number of hydrogen-bond acceptors (Lipinski definition) is 3. The maximum absolute atomic E-state index is 10.6. The minimum atomic E-state index is -1.05. The van der Waals surface area contributed by atoms with Crippen molar-refractivity contribution in [3.05, 3.63) is 0 Å². The molecule has 0 aliphatic carbocycles. The molecule has 0 bridgehead atoms. The van der Waals surface area contributed by atoms with Gasteiger partial charge in [0.15, 0.2) is 0 Å². The highest BCUT2D eigenvalue weighted by atomic mass is 32.2. The van der Waals surface area contributed by atoms with Gasteiger partial charge in [-0.15, -0.1) is 0 Å². The number of nitrogens with two attached hydrogens (primary N) is 1. The molecule has 0 radical (unpaired) electrons. The Morgan fingerprint density at radius 1 is 1.67 bits per heavy atom. The number of carboxylic acid groups (broad SMARTS) is 1. The second-order valence-electron chi connectivity index (χ2n) is 3.02. The van der Waals surface area contributed by atoms with E-state index in [4.69, 9.17) is 10.8 Å². The Hall–Kier alpha value is -0.220. The minimum Gasteiger partial charge on any atom is -0.480 e. The number of hydrogen-bond donors (Lipinski definition) is 2. The van der Waals surface area contributed by atoms with Gasteiger partial charge in [0.25, 0.3) is 0 Å². The summed E-state index contributed by atoms with van der Waals surface area (Å²) < 4.78 is 0. The lowest BCUT2D eigenvalue weighted by atomic mass is 9.98. The molecular weight excluding hydrogens is 174 g/mol. The third-order valence-corrected chi connectivity index (χ3v) is 2.66. The lowest BCUT2D eigenvalue weighted by Gasteiger charge is -2.18. The predicted molar refractivity (Wildman–Crippen MR) is 52.5 cm³/mol. The Balaban J connectivity index is 3.54. The van der Waals surface area contributed by atoms with Gasteiger partial charge in [-0.1, -0.05) is 6.92 Å². The highest BCUT2D eigenvalue weighted by Crippen LogP contribution is 2.12. The summed E-state index contributed by atoms with van der Waals surface area (Å²) in [5, 5.41) is 8.67. The van der Waals surface area contributed by atoms with Crippen LogP contribution in [0.5, 0.6) is 0 Å². The second-order valence-corrected chi connectivity index (χ2v) is 4.42. The highest BCUT2D eigenvalue weighted by molar-refractivity contribution is 7.99. The van der Waals surface area contributed by atoms with Crippen LogP contribution in [0.25, 0.3) is 0 Å². The molecule has 0 aliphatic heterocycles. The van der Waals surface area contributed by atoms with Gasteiger partial charge < -0.3 is 10.8 Å². The van der Waals surface area contributed by atoms with E-state index < -0.39 is 11.5 Å². The number of carboxylic acids is 1. The molecule has 0 spiro atoms. The Bertz CT molecular complexity index is 148. The van der Waals surface area contributed by atoms with Crippen LogP contribution in [-0.2, 0) is 4.79 Å². The van der Waals surface area contributed by atoms with Crippen LogP contribution < -0.4 is 5.73 Å². The molecular formula is C8H17NO2S. The molecule has 4 heteroatoms. The first-order valence-electron chi connectivity index (χ1n) is 4.10. The van der Waals surface area contributed by atoms with E-state index in [1.807, 2.05) is 11.8 Å². The number of rotatable bonds is 6. The summed E-state index contributed by atoms with van der Waals surface area (Å²) >= 11 is 1.81. The molecule has 72 valence electrons. The Kier molecular flexibility index (Phi) is 5.33. The Morgan fingerprint density at radius 3 is 2.67 bits per heavy atom. The average Bonchev–Trinajstić information content (AvgIpc) is 1.98. The summed E-state index contributed by atoms with van der Waals surface area (Å²) in [6, 6.07) is 0. The van der Waals surface area contributed by atoms with Crippen LogP contribution in [0.3, 0.4) is 0 Å². The van der Waals surface area contributed by atoms with Crippen molar-refractivity contribution in [3.8, 4) is 0 Å². The SMILES string of the molecule is CCSCCCC(C)(N)C(=O)O. The molecule has 0 aromatic carbocycles. The summed E-state index contributed by atoms with van der Waals surface area (Å²) in [5.41, 5.74) is 4.49. The van der Waals surface area contributed by atoms with Gasteiger partial charge in [-0.2, -0.15) is 11.8 Å². The van der Waals surface area contributed by atoms with E-state index >= 15 is 0 Å². The van der Waals surface area contributed by atoms with E-state index in [1.54, 1.807) is 6.92 Å². The number of thioether (sulfide) groups is 1. The van der Waals surface area contributed by atoms with E-state index in [0.29, 0.717) is 6.42 Å². The summed E-state index contributed by atoms with van der Waals surface area (Å²) in [6.45, 7) is 3.65. The molecule has 0 amide bonds. The molecule has 0 saturated carbocycles. The van der Waals surface area contributed by atoms with Crippen LogP contribution in [-0.4, -0.2) is 28.1 Å². The van der Waals surface area contributed by atoms with E-state index in [0.717, 1.165) is 17.9 Å². The van der Waals surface area contributed by atoms with E-state index in [2.05, 4.69) is 6.92 Å². The van der Waals surface area contributed by atoms with Crippen LogP contribution in [0.4, 0.5) is 0 Å². The quantitative estimate of drug-likeness (QED) is 0.622. The van der Waals surface area contributed by atoms with Crippen LogP contribution in [0.1, 0.15) is 26.7 Å². The monoisotopic (exact) mass is 191 g/mol. The lowest BCUT2D eigenvalue weighted by molar-refractivity contribution is -0.142. The summed E-state index contributed by atoms with van der Waals surface area (Å²) in [4.78, 5) is 10.6. The van der Waals surface area contributed by atoms with Crippen molar-refractivity contribution in [2.24, 2.45) is 5.73 Å². The number of aliphatic carboxylic acids is 1. The van der Waals surface area contributed by atoms with E-state index in [9.17, 15) is 4.79 Å². The fraction of sp³-hybridized carbons (Fsp3) is 0.875. The molecule has 3 N–H and O–H groups in total. The first kappa shape index (κ1) is 11.8. The van der Waals surface area contributed by atoms with Crippen LogP contribution in [0.2, 0.25) is 0 Å². The van der Waals surface area contributed by atoms with Crippen molar-refractivity contribution < 1.29 is 9.90 Å². The van der Waals surface area contributed by atoms with Crippen LogP contribution >= 0.6 is 11.8 Å². The van der Waals surface area contributed by atoms with Gasteiger partial charge in [0.2, 0.25) is 0 Å². The zero-order chi connectivity index (χ0) is 9.61. The normalized spacial score (nSPS) is 15.6. The molecule has 0 aromatic heterocycles. The molecule has 3 nitrogen and oxygen atoms in total.